The summed E-state index contributed by atoms with van der Waals surface area (Å²) in [6.07, 6.45) is 0. The summed E-state index contributed by atoms with van der Waals surface area (Å²) in [5, 5.41) is 0. The van der Waals surface area contributed by atoms with Gasteiger partial charge in [0.05, 0.1) is 44.3 Å². The first-order chi connectivity index (χ1) is 13.9. The van der Waals surface area contributed by atoms with Crippen molar-refractivity contribution in [1.29, 1.82) is 0 Å². The molecule has 1 aliphatic rings. The Bertz CT molecular complexity index is 922. The molecule has 6 nitrogen and oxygen atoms in total. The fraction of sp³-hybridized carbons (Fsp3) is 0.455. The molecule has 0 atom stereocenters. The maximum absolute atomic E-state index is 13.1. The minimum Gasteiger partial charge on any atom is -0.490 e. The Morgan fingerprint density at radius 1 is 0.966 bits per heavy atom. The Hall–Kier alpha value is -2.09. The lowest BCUT2D eigenvalue weighted by Gasteiger charge is -2.31. The molecule has 0 spiro atoms. The van der Waals surface area contributed by atoms with Crippen LogP contribution in [0.15, 0.2) is 47.4 Å². The second kappa shape index (κ2) is 9.61. The van der Waals surface area contributed by atoms with Crippen molar-refractivity contribution in [3.8, 4) is 11.5 Å². The highest BCUT2D eigenvalue weighted by Crippen LogP contribution is 2.31. The molecule has 3 rings (SSSR count). The molecule has 0 saturated carbocycles. The number of nitrogens with one attached hydrogen (secondary N) is 1. The van der Waals surface area contributed by atoms with Crippen molar-refractivity contribution in [3.63, 3.8) is 0 Å². The zero-order valence-electron chi connectivity index (χ0n) is 17.5. The topological polar surface area (TPSA) is 60.3 Å². The molecule has 1 saturated heterocycles. The molecule has 2 aromatic carbocycles. The van der Waals surface area contributed by atoms with Crippen LogP contribution in [-0.4, -0.2) is 52.1 Å². The van der Waals surface area contributed by atoms with Gasteiger partial charge in [-0.1, -0.05) is 29.8 Å². The van der Waals surface area contributed by atoms with Crippen LogP contribution in [0.3, 0.4) is 0 Å². The Morgan fingerprint density at radius 3 is 2.31 bits per heavy atom. The van der Waals surface area contributed by atoms with Crippen molar-refractivity contribution >= 4 is 10.0 Å². The fourth-order valence-corrected chi connectivity index (χ4v) is 5.13. The lowest BCUT2D eigenvalue weighted by Crippen LogP contribution is -3.13. The number of rotatable bonds is 8. The van der Waals surface area contributed by atoms with Gasteiger partial charge in [-0.3, -0.25) is 0 Å². The Kier molecular flexibility index (Phi) is 7.16. The molecule has 29 heavy (non-hydrogen) atoms. The van der Waals surface area contributed by atoms with Crippen LogP contribution in [-0.2, 0) is 16.6 Å². The van der Waals surface area contributed by atoms with Gasteiger partial charge >= 0.3 is 0 Å². The van der Waals surface area contributed by atoms with E-state index in [-0.39, 0.29) is 4.90 Å². The zero-order chi connectivity index (χ0) is 20.9. The van der Waals surface area contributed by atoms with E-state index in [1.165, 1.54) is 16.0 Å². The van der Waals surface area contributed by atoms with E-state index in [1.54, 1.807) is 22.5 Å². The lowest BCUT2D eigenvalue weighted by molar-refractivity contribution is -0.917. The monoisotopic (exact) mass is 419 g/mol. The van der Waals surface area contributed by atoms with Crippen molar-refractivity contribution in [2.75, 3.05) is 39.4 Å². The van der Waals surface area contributed by atoms with Gasteiger partial charge in [-0.2, -0.15) is 4.31 Å². The minimum atomic E-state index is -3.55. The Balaban J connectivity index is 1.68. The third-order valence-electron chi connectivity index (χ3n) is 5.12. The summed E-state index contributed by atoms with van der Waals surface area (Å²) in [6.45, 7) is 10.3. The molecule has 0 radical (unpaired) electrons. The van der Waals surface area contributed by atoms with Crippen molar-refractivity contribution in [3.05, 3.63) is 53.6 Å². The average molecular weight is 420 g/mol. The first-order valence-electron chi connectivity index (χ1n) is 10.2. The average Bonchev–Trinajstić information content (AvgIpc) is 2.70. The SMILES string of the molecule is CCOc1ccc(S(=O)(=O)N2CC[NH+](Cc3cccc(C)c3)CC2)cc1OCC. The lowest BCUT2D eigenvalue weighted by atomic mass is 10.1. The van der Waals surface area contributed by atoms with E-state index < -0.39 is 10.0 Å². The van der Waals surface area contributed by atoms with Gasteiger partial charge in [0, 0.05) is 11.6 Å². The van der Waals surface area contributed by atoms with Crippen LogP contribution in [0.2, 0.25) is 0 Å². The van der Waals surface area contributed by atoms with Crippen LogP contribution < -0.4 is 14.4 Å². The predicted octanol–water partition coefficient (Wildman–Crippen LogP) is 1.88. The van der Waals surface area contributed by atoms with Gasteiger partial charge in [0.2, 0.25) is 10.0 Å². The number of hydrogen-bond donors (Lipinski definition) is 1. The summed E-state index contributed by atoms with van der Waals surface area (Å²) >= 11 is 0. The number of benzene rings is 2. The third kappa shape index (κ3) is 5.29. The standard InChI is InChI=1S/C22H30N2O4S/c1-4-27-21-10-9-20(16-22(21)28-5-2)29(25,26)24-13-11-23(12-14-24)17-19-8-6-7-18(3)15-19/h6-10,15-16H,4-5,11-14,17H2,1-3H3/p+1. The van der Waals surface area contributed by atoms with Crippen molar-refractivity contribution in [2.45, 2.75) is 32.2 Å². The van der Waals surface area contributed by atoms with Crippen molar-refractivity contribution in [1.82, 2.24) is 4.31 Å². The number of ether oxygens (including phenoxy) is 2. The third-order valence-corrected chi connectivity index (χ3v) is 7.01. The maximum atomic E-state index is 13.1. The Labute approximate surface area is 174 Å². The normalized spacial score (nSPS) is 16.0. The molecule has 0 unspecified atom stereocenters. The van der Waals surface area contributed by atoms with Crippen LogP contribution >= 0.6 is 0 Å². The van der Waals surface area contributed by atoms with Crippen LogP contribution in [0.25, 0.3) is 0 Å². The van der Waals surface area contributed by atoms with Gasteiger partial charge < -0.3 is 14.4 Å². The van der Waals surface area contributed by atoms with E-state index in [0.717, 1.165) is 19.6 Å². The summed E-state index contributed by atoms with van der Waals surface area (Å²) in [5.74, 6) is 1.04. The van der Waals surface area contributed by atoms with E-state index in [4.69, 9.17) is 9.47 Å². The van der Waals surface area contributed by atoms with E-state index in [1.807, 2.05) is 13.8 Å². The van der Waals surface area contributed by atoms with Gasteiger partial charge in [-0.05, 0) is 32.9 Å². The zero-order valence-corrected chi connectivity index (χ0v) is 18.3. The second-order valence-corrected chi connectivity index (χ2v) is 9.23. The van der Waals surface area contributed by atoms with Crippen LogP contribution in [0, 0.1) is 6.92 Å². The molecule has 0 bridgehead atoms. The highest BCUT2D eigenvalue weighted by atomic mass is 32.2. The fourth-order valence-electron chi connectivity index (χ4n) is 3.67. The molecule has 7 heteroatoms. The van der Waals surface area contributed by atoms with Gasteiger partial charge in [0.15, 0.2) is 11.5 Å². The number of sulfonamides is 1. The van der Waals surface area contributed by atoms with Crippen LogP contribution in [0.5, 0.6) is 11.5 Å². The largest absolute Gasteiger partial charge is 0.490 e. The number of nitrogens with zero attached hydrogens (tertiary/aromatic N) is 1. The van der Waals surface area contributed by atoms with Crippen molar-refractivity contribution in [2.24, 2.45) is 0 Å². The molecular weight excluding hydrogens is 388 g/mol. The first kappa shape index (κ1) is 21.6. The molecule has 0 amide bonds. The molecule has 0 aliphatic carbocycles. The highest BCUT2D eigenvalue weighted by molar-refractivity contribution is 7.89. The van der Waals surface area contributed by atoms with Crippen LogP contribution in [0.1, 0.15) is 25.0 Å². The second-order valence-electron chi connectivity index (χ2n) is 7.29. The van der Waals surface area contributed by atoms with Gasteiger partial charge in [-0.25, -0.2) is 8.42 Å². The molecule has 1 N–H and O–H groups in total. The van der Waals surface area contributed by atoms with E-state index >= 15 is 0 Å². The quantitative estimate of drug-likeness (QED) is 0.710. The van der Waals surface area contributed by atoms with Gasteiger partial charge in [0.25, 0.3) is 0 Å². The van der Waals surface area contributed by atoms with Gasteiger partial charge in [0.1, 0.15) is 6.54 Å². The number of piperazine rings is 1. The summed E-state index contributed by atoms with van der Waals surface area (Å²) in [6, 6.07) is 13.4. The summed E-state index contributed by atoms with van der Waals surface area (Å²) < 4.78 is 39.0. The van der Waals surface area contributed by atoms with Crippen LogP contribution in [0.4, 0.5) is 0 Å². The molecule has 0 aromatic heterocycles. The summed E-state index contributed by atoms with van der Waals surface area (Å²) in [5.41, 5.74) is 2.55. The molecule has 1 aliphatic heterocycles. The first-order valence-corrected chi connectivity index (χ1v) is 11.7. The maximum Gasteiger partial charge on any atom is 0.243 e. The van der Waals surface area contributed by atoms with Gasteiger partial charge in [-0.15, -0.1) is 0 Å². The number of aryl methyl sites for hydroxylation is 1. The molecule has 158 valence electrons. The highest BCUT2D eigenvalue weighted by Gasteiger charge is 2.31. The van der Waals surface area contributed by atoms with E-state index in [2.05, 4.69) is 31.2 Å². The van der Waals surface area contributed by atoms with E-state index in [9.17, 15) is 8.42 Å². The molecule has 1 heterocycles. The molecule has 2 aromatic rings. The predicted molar refractivity (Wildman–Crippen MR) is 113 cm³/mol. The van der Waals surface area contributed by atoms with E-state index in [0.29, 0.717) is 37.8 Å². The molecule has 1 fully saturated rings. The summed E-state index contributed by atoms with van der Waals surface area (Å²) in [4.78, 5) is 1.66. The minimum absolute atomic E-state index is 0.256. The summed E-state index contributed by atoms with van der Waals surface area (Å²) in [7, 11) is -3.55. The number of quaternary nitrogens is 1. The smallest absolute Gasteiger partial charge is 0.243 e. The molecular formula is C22H31N2O4S+. The Morgan fingerprint density at radius 2 is 1.66 bits per heavy atom. The number of hydrogen-bond acceptors (Lipinski definition) is 4. The van der Waals surface area contributed by atoms with Crippen molar-refractivity contribution < 1.29 is 22.8 Å².